The topological polar surface area (TPSA) is 86.8 Å². The molecule has 0 heterocycles. The maximum absolute atomic E-state index is 13.4. The molecule has 7 nitrogen and oxygen atoms in total. The first kappa shape index (κ1) is 25.7. The highest BCUT2D eigenvalue weighted by atomic mass is 35.5. The number of hydrogen-bond donors (Lipinski definition) is 1. The molecule has 0 bridgehead atoms. The Labute approximate surface area is 195 Å². The van der Waals surface area contributed by atoms with Crippen LogP contribution in [-0.4, -0.2) is 50.5 Å². The first-order valence-electron chi connectivity index (χ1n) is 10.4. The Hall–Kier alpha value is -2.58. The number of hydrogen-bond acceptors (Lipinski definition) is 4. The monoisotopic (exact) mass is 479 g/mol. The number of carbonyl (C=O) groups excluding carboxylic acids is 2. The number of nitrogens with zero attached hydrogens (tertiary/aromatic N) is 2. The summed E-state index contributed by atoms with van der Waals surface area (Å²) in [6, 6.07) is 13.4. The van der Waals surface area contributed by atoms with Gasteiger partial charge in [0.1, 0.15) is 12.6 Å². The van der Waals surface area contributed by atoms with Gasteiger partial charge < -0.3 is 10.2 Å². The van der Waals surface area contributed by atoms with Gasteiger partial charge in [-0.15, -0.1) is 0 Å². The molecule has 0 aliphatic carbocycles. The maximum atomic E-state index is 13.4. The Morgan fingerprint density at radius 2 is 1.78 bits per heavy atom. The average Bonchev–Trinajstić information content (AvgIpc) is 2.75. The minimum atomic E-state index is -3.79. The third-order valence-electron chi connectivity index (χ3n) is 5.03. The van der Waals surface area contributed by atoms with Crippen molar-refractivity contribution >= 4 is 39.1 Å². The van der Waals surface area contributed by atoms with Crippen LogP contribution in [0.5, 0.6) is 0 Å². The molecule has 2 rings (SSSR count). The standard InChI is InChI=1S/C23H30ClN3O4S/c1-5-13-25-23(29)18(3)26(15-19-9-7-6-8-10-19)22(28)16-27(32(4,30)31)21-14-20(24)12-11-17(21)2/h6-12,14,18H,5,13,15-16H2,1-4H3,(H,25,29). The van der Waals surface area contributed by atoms with Crippen molar-refractivity contribution in [3.63, 3.8) is 0 Å². The molecule has 0 spiro atoms. The molecule has 174 valence electrons. The van der Waals surface area contributed by atoms with E-state index in [9.17, 15) is 18.0 Å². The smallest absolute Gasteiger partial charge is 0.244 e. The van der Waals surface area contributed by atoms with Gasteiger partial charge in [-0.05, 0) is 43.5 Å². The third-order valence-corrected chi connectivity index (χ3v) is 6.39. The number of anilines is 1. The predicted octanol–water partition coefficient (Wildman–Crippen LogP) is 3.36. The summed E-state index contributed by atoms with van der Waals surface area (Å²) >= 11 is 6.09. The fourth-order valence-corrected chi connectivity index (χ4v) is 4.27. The van der Waals surface area contributed by atoms with E-state index in [1.807, 2.05) is 37.3 Å². The fraction of sp³-hybridized carbons (Fsp3) is 0.391. The number of sulfonamides is 1. The first-order chi connectivity index (χ1) is 15.0. The summed E-state index contributed by atoms with van der Waals surface area (Å²) in [5.74, 6) is -0.779. The van der Waals surface area contributed by atoms with Crippen LogP contribution in [0.15, 0.2) is 48.5 Å². The summed E-state index contributed by atoms with van der Waals surface area (Å²) in [5, 5.41) is 3.16. The van der Waals surface area contributed by atoms with Crippen molar-refractivity contribution in [3.8, 4) is 0 Å². The second-order valence-electron chi connectivity index (χ2n) is 7.67. The molecule has 0 aliphatic rings. The van der Waals surface area contributed by atoms with Crippen LogP contribution in [0.1, 0.15) is 31.4 Å². The Morgan fingerprint density at radius 3 is 2.38 bits per heavy atom. The zero-order valence-corrected chi connectivity index (χ0v) is 20.4. The van der Waals surface area contributed by atoms with Crippen molar-refractivity contribution in [2.24, 2.45) is 0 Å². The molecule has 1 atom stereocenters. The highest BCUT2D eigenvalue weighted by Crippen LogP contribution is 2.26. The molecule has 32 heavy (non-hydrogen) atoms. The lowest BCUT2D eigenvalue weighted by Crippen LogP contribution is -2.51. The van der Waals surface area contributed by atoms with Crippen LogP contribution >= 0.6 is 11.6 Å². The van der Waals surface area contributed by atoms with Gasteiger partial charge in [0, 0.05) is 18.1 Å². The maximum Gasteiger partial charge on any atom is 0.244 e. The number of carbonyl (C=O) groups is 2. The Morgan fingerprint density at radius 1 is 1.12 bits per heavy atom. The highest BCUT2D eigenvalue weighted by molar-refractivity contribution is 7.92. The molecule has 9 heteroatoms. The molecule has 0 radical (unpaired) electrons. The van der Waals surface area contributed by atoms with Crippen molar-refractivity contribution in [2.75, 3.05) is 23.7 Å². The summed E-state index contributed by atoms with van der Waals surface area (Å²) < 4.78 is 26.2. The molecule has 1 N–H and O–H groups in total. The van der Waals surface area contributed by atoms with Crippen molar-refractivity contribution in [2.45, 2.75) is 39.8 Å². The van der Waals surface area contributed by atoms with E-state index in [4.69, 9.17) is 11.6 Å². The SMILES string of the molecule is CCCNC(=O)C(C)N(Cc1ccccc1)C(=O)CN(c1cc(Cl)ccc1C)S(C)(=O)=O. The minimum Gasteiger partial charge on any atom is -0.354 e. The fourth-order valence-electron chi connectivity index (χ4n) is 3.20. The largest absolute Gasteiger partial charge is 0.354 e. The van der Waals surface area contributed by atoms with Gasteiger partial charge in [0.25, 0.3) is 0 Å². The van der Waals surface area contributed by atoms with Crippen LogP contribution in [0, 0.1) is 6.92 Å². The van der Waals surface area contributed by atoms with E-state index in [0.717, 1.165) is 22.5 Å². The van der Waals surface area contributed by atoms with Crippen LogP contribution in [-0.2, 0) is 26.2 Å². The molecule has 0 aromatic heterocycles. The van der Waals surface area contributed by atoms with Crippen LogP contribution in [0.2, 0.25) is 5.02 Å². The van der Waals surface area contributed by atoms with Gasteiger partial charge in [-0.1, -0.05) is 54.9 Å². The van der Waals surface area contributed by atoms with Gasteiger partial charge in [0.05, 0.1) is 11.9 Å². The number of amides is 2. The lowest BCUT2D eigenvalue weighted by atomic mass is 10.1. The van der Waals surface area contributed by atoms with E-state index in [2.05, 4.69) is 5.32 Å². The van der Waals surface area contributed by atoms with Crippen molar-refractivity contribution in [1.29, 1.82) is 0 Å². The lowest BCUT2D eigenvalue weighted by molar-refractivity contribution is -0.139. The molecule has 0 saturated carbocycles. The van der Waals surface area contributed by atoms with Crippen LogP contribution in [0.4, 0.5) is 5.69 Å². The zero-order valence-electron chi connectivity index (χ0n) is 18.8. The minimum absolute atomic E-state index is 0.173. The molecular formula is C23H30ClN3O4S. The van der Waals surface area contributed by atoms with E-state index in [0.29, 0.717) is 22.8 Å². The number of halogens is 1. The van der Waals surface area contributed by atoms with Crippen molar-refractivity contribution < 1.29 is 18.0 Å². The van der Waals surface area contributed by atoms with Crippen LogP contribution < -0.4 is 9.62 Å². The molecule has 2 aromatic rings. The van der Waals surface area contributed by atoms with Gasteiger partial charge in [-0.3, -0.25) is 13.9 Å². The summed E-state index contributed by atoms with van der Waals surface area (Å²) in [5.41, 5.74) is 1.83. The highest BCUT2D eigenvalue weighted by Gasteiger charge is 2.30. The van der Waals surface area contributed by atoms with E-state index in [-0.39, 0.29) is 12.5 Å². The molecule has 2 amide bonds. The van der Waals surface area contributed by atoms with Gasteiger partial charge in [-0.2, -0.15) is 0 Å². The third kappa shape index (κ3) is 6.97. The first-order valence-corrected chi connectivity index (χ1v) is 12.6. The van der Waals surface area contributed by atoms with E-state index in [1.165, 1.54) is 11.0 Å². The Balaban J connectivity index is 2.39. The van der Waals surface area contributed by atoms with Crippen LogP contribution in [0.3, 0.4) is 0 Å². The molecular weight excluding hydrogens is 450 g/mol. The van der Waals surface area contributed by atoms with Gasteiger partial charge in [0.2, 0.25) is 21.8 Å². The van der Waals surface area contributed by atoms with E-state index >= 15 is 0 Å². The number of nitrogens with one attached hydrogen (secondary N) is 1. The summed E-state index contributed by atoms with van der Waals surface area (Å²) in [7, 11) is -3.79. The van der Waals surface area contributed by atoms with Crippen LogP contribution in [0.25, 0.3) is 0 Å². The Bertz CT molecular complexity index is 1040. The van der Waals surface area contributed by atoms with Crippen molar-refractivity contribution in [3.05, 3.63) is 64.7 Å². The second kappa shape index (κ2) is 11.3. The zero-order chi connectivity index (χ0) is 23.9. The Kier molecular flexibility index (Phi) is 9.09. The number of benzene rings is 2. The second-order valence-corrected chi connectivity index (χ2v) is 10.0. The summed E-state index contributed by atoms with van der Waals surface area (Å²) in [4.78, 5) is 27.4. The van der Waals surface area contributed by atoms with E-state index in [1.54, 1.807) is 26.0 Å². The summed E-state index contributed by atoms with van der Waals surface area (Å²) in [6.07, 6.45) is 1.81. The lowest BCUT2D eigenvalue weighted by Gasteiger charge is -2.32. The molecule has 2 aromatic carbocycles. The van der Waals surface area contributed by atoms with Gasteiger partial charge in [0.15, 0.2) is 0 Å². The van der Waals surface area contributed by atoms with Gasteiger partial charge in [-0.25, -0.2) is 8.42 Å². The number of rotatable bonds is 10. The van der Waals surface area contributed by atoms with Crippen molar-refractivity contribution in [1.82, 2.24) is 10.2 Å². The molecule has 0 aliphatic heterocycles. The normalized spacial score (nSPS) is 12.2. The molecule has 0 saturated heterocycles. The quantitative estimate of drug-likeness (QED) is 0.566. The molecule has 0 fully saturated rings. The van der Waals surface area contributed by atoms with E-state index < -0.39 is 28.5 Å². The molecule has 1 unspecified atom stereocenters. The van der Waals surface area contributed by atoms with Gasteiger partial charge >= 0.3 is 0 Å². The predicted molar refractivity (Wildman–Crippen MR) is 128 cm³/mol. The summed E-state index contributed by atoms with van der Waals surface area (Å²) in [6.45, 7) is 5.55. The number of aryl methyl sites for hydroxylation is 1. The average molecular weight is 480 g/mol.